The Kier molecular flexibility index (Phi) is 3.92. The molecule has 0 aliphatic carbocycles. The molecule has 0 fully saturated rings. The molecule has 1 heterocycles. The zero-order valence-corrected chi connectivity index (χ0v) is 11.5. The van der Waals surface area contributed by atoms with E-state index in [1.165, 1.54) is 5.56 Å². The van der Waals surface area contributed by atoms with Gasteiger partial charge >= 0.3 is 0 Å². The second-order valence-electron chi connectivity index (χ2n) is 4.04. The zero-order valence-electron chi connectivity index (χ0n) is 9.90. The van der Waals surface area contributed by atoms with Crippen LogP contribution in [0, 0.1) is 0 Å². The van der Waals surface area contributed by atoms with E-state index in [1.807, 2.05) is 32.3 Å². The Morgan fingerprint density at radius 3 is 2.76 bits per heavy atom. The molecule has 2 aromatic rings. The lowest BCUT2D eigenvalue weighted by atomic mass is 10.2. The molecule has 1 aromatic heterocycles. The highest BCUT2D eigenvalue weighted by Crippen LogP contribution is 2.28. The van der Waals surface area contributed by atoms with E-state index in [1.54, 1.807) is 11.3 Å². The van der Waals surface area contributed by atoms with E-state index < -0.39 is 0 Å². The fraction of sp³-hybridized carbons (Fsp3) is 0.231. The topological polar surface area (TPSA) is 15.3 Å². The number of nitrogens with zero attached hydrogens (tertiary/aromatic N) is 1. The fourth-order valence-electron chi connectivity index (χ4n) is 1.63. The fourth-order valence-corrected chi connectivity index (χ4v) is 2.47. The van der Waals surface area contributed by atoms with Crippen LogP contribution in [0.2, 0.25) is 5.02 Å². The normalized spacial score (nSPS) is 10.3. The lowest BCUT2D eigenvalue weighted by Crippen LogP contribution is -2.12. The summed E-state index contributed by atoms with van der Waals surface area (Å²) in [5.74, 6) is 0. The Hall–Kier alpha value is -1.19. The summed E-state index contributed by atoms with van der Waals surface area (Å²) < 4.78 is 0. The van der Waals surface area contributed by atoms with Gasteiger partial charge in [0.15, 0.2) is 0 Å². The van der Waals surface area contributed by atoms with E-state index >= 15 is 0 Å². The molecule has 0 aliphatic heterocycles. The van der Waals surface area contributed by atoms with Crippen LogP contribution in [-0.2, 0) is 6.54 Å². The van der Waals surface area contributed by atoms with Crippen LogP contribution in [0.5, 0.6) is 0 Å². The summed E-state index contributed by atoms with van der Waals surface area (Å²) >= 11 is 7.74. The van der Waals surface area contributed by atoms with E-state index in [0.717, 1.165) is 22.9 Å². The maximum Gasteiger partial charge on any atom is 0.0597 e. The van der Waals surface area contributed by atoms with Gasteiger partial charge in [-0.1, -0.05) is 11.6 Å². The van der Waals surface area contributed by atoms with Crippen LogP contribution < -0.4 is 10.2 Å². The molecule has 1 aromatic carbocycles. The van der Waals surface area contributed by atoms with Crippen LogP contribution in [0.1, 0.15) is 5.56 Å². The monoisotopic (exact) mass is 266 g/mol. The standard InChI is InChI=1S/C13H15ClN2S/c1-16(2)13-4-3-11(14)7-12(13)15-8-10-5-6-17-9-10/h3-7,9,15H,8H2,1-2H3. The summed E-state index contributed by atoms with van der Waals surface area (Å²) in [5, 5.41) is 8.40. The average Bonchev–Trinajstić information content (AvgIpc) is 2.78. The van der Waals surface area contributed by atoms with Crippen LogP contribution in [0.4, 0.5) is 11.4 Å². The smallest absolute Gasteiger partial charge is 0.0597 e. The minimum atomic E-state index is 0.753. The molecule has 0 aliphatic rings. The molecule has 0 bridgehead atoms. The molecule has 2 nitrogen and oxygen atoms in total. The molecule has 0 spiro atoms. The van der Waals surface area contributed by atoms with Gasteiger partial charge in [-0.25, -0.2) is 0 Å². The molecular formula is C13H15ClN2S. The summed E-state index contributed by atoms with van der Waals surface area (Å²) in [6.07, 6.45) is 0. The average molecular weight is 267 g/mol. The minimum absolute atomic E-state index is 0.753. The number of rotatable bonds is 4. The third-order valence-corrected chi connectivity index (χ3v) is 3.47. The number of benzene rings is 1. The number of hydrogen-bond acceptors (Lipinski definition) is 3. The van der Waals surface area contributed by atoms with Crippen molar-refractivity contribution in [2.45, 2.75) is 6.54 Å². The van der Waals surface area contributed by atoms with Crippen molar-refractivity contribution >= 4 is 34.3 Å². The minimum Gasteiger partial charge on any atom is -0.379 e. The van der Waals surface area contributed by atoms with Crippen molar-refractivity contribution < 1.29 is 0 Å². The quantitative estimate of drug-likeness (QED) is 0.897. The van der Waals surface area contributed by atoms with Crippen LogP contribution >= 0.6 is 22.9 Å². The van der Waals surface area contributed by atoms with Gasteiger partial charge in [0.2, 0.25) is 0 Å². The SMILES string of the molecule is CN(C)c1ccc(Cl)cc1NCc1ccsc1. The Morgan fingerprint density at radius 1 is 1.29 bits per heavy atom. The van der Waals surface area contributed by atoms with Crippen molar-refractivity contribution in [3.05, 3.63) is 45.6 Å². The molecule has 0 radical (unpaired) electrons. The molecule has 0 saturated carbocycles. The van der Waals surface area contributed by atoms with Gasteiger partial charge in [-0.3, -0.25) is 0 Å². The zero-order chi connectivity index (χ0) is 12.3. The molecule has 0 unspecified atom stereocenters. The summed E-state index contributed by atoms with van der Waals surface area (Å²) in [5.41, 5.74) is 3.50. The van der Waals surface area contributed by atoms with Crippen molar-refractivity contribution in [3.63, 3.8) is 0 Å². The maximum absolute atomic E-state index is 6.03. The van der Waals surface area contributed by atoms with Crippen molar-refractivity contribution in [3.8, 4) is 0 Å². The van der Waals surface area contributed by atoms with E-state index in [9.17, 15) is 0 Å². The van der Waals surface area contributed by atoms with E-state index in [4.69, 9.17) is 11.6 Å². The molecule has 1 N–H and O–H groups in total. The lowest BCUT2D eigenvalue weighted by molar-refractivity contribution is 1.10. The first-order chi connectivity index (χ1) is 8.16. The largest absolute Gasteiger partial charge is 0.379 e. The van der Waals surface area contributed by atoms with E-state index in [0.29, 0.717) is 0 Å². The molecule has 2 rings (SSSR count). The van der Waals surface area contributed by atoms with Gasteiger partial charge in [-0.15, -0.1) is 0 Å². The number of thiophene rings is 1. The summed E-state index contributed by atoms with van der Waals surface area (Å²) in [4.78, 5) is 2.08. The van der Waals surface area contributed by atoms with Gasteiger partial charge in [0, 0.05) is 25.7 Å². The Labute approximate surface area is 111 Å². The van der Waals surface area contributed by atoms with Gasteiger partial charge in [0.1, 0.15) is 0 Å². The second kappa shape index (κ2) is 5.43. The van der Waals surface area contributed by atoms with Gasteiger partial charge in [-0.2, -0.15) is 11.3 Å². The van der Waals surface area contributed by atoms with Gasteiger partial charge in [0.25, 0.3) is 0 Å². The van der Waals surface area contributed by atoms with Crippen molar-refractivity contribution in [1.29, 1.82) is 0 Å². The van der Waals surface area contributed by atoms with Crippen LogP contribution in [0.25, 0.3) is 0 Å². The first kappa shape index (κ1) is 12.3. The maximum atomic E-state index is 6.03. The molecule has 90 valence electrons. The van der Waals surface area contributed by atoms with E-state index in [-0.39, 0.29) is 0 Å². The Morgan fingerprint density at radius 2 is 2.12 bits per heavy atom. The number of nitrogens with one attached hydrogen (secondary N) is 1. The number of anilines is 2. The highest BCUT2D eigenvalue weighted by Gasteiger charge is 2.05. The van der Waals surface area contributed by atoms with Crippen LogP contribution in [-0.4, -0.2) is 14.1 Å². The third kappa shape index (κ3) is 3.14. The molecule has 0 saturated heterocycles. The molecule has 17 heavy (non-hydrogen) atoms. The number of halogens is 1. The Balaban J connectivity index is 2.16. The molecular weight excluding hydrogens is 252 g/mol. The van der Waals surface area contributed by atoms with Crippen molar-refractivity contribution in [1.82, 2.24) is 0 Å². The van der Waals surface area contributed by atoms with Crippen molar-refractivity contribution in [2.75, 3.05) is 24.3 Å². The predicted octanol–water partition coefficient (Wildman–Crippen LogP) is 4.08. The van der Waals surface area contributed by atoms with Gasteiger partial charge < -0.3 is 10.2 Å². The number of hydrogen-bond donors (Lipinski definition) is 1. The first-order valence-corrected chi connectivity index (χ1v) is 6.71. The molecule has 4 heteroatoms. The van der Waals surface area contributed by atoms with Crippen molar-refractivity contribution in [2.24, 2.45) is 0 Å². The lowest BCUT2D eigenvalue weighted by Gasteiger charge is -2.18. The summed E-state index contributed by atoms with van der Waals surface area (Å²) in [7, 11) is 4.05. The predicted molar refractivity (Wildman–Crippen MR) is 77.4 cm³/mol. The highest BCUT2D eigenvalue weighted by molar-refractivity contribution is 7.07. The van der Waals surface area contributed by atoms with Crippen LogP contribution in [0.15, 0.2) is 35.0 Å². The molecule has 0 amide bonds. The van der Waals surface area contributed by atoms with Gasteiger partial charge in [-0.05, 0) is 40.6 Å². The van der Waals surface area contributed by atoms with Gasteiger partial charge in [0.05, 0.1) is 11.4 Å². The third-order valence-electron chi connectivity index (χ3n) is 2.50. The summed E-state index contributed by atoms with van der Waals surface area (Å²) in [6, 6.07) is 8.02. The van der Waals surface area contributed by atoms with Crippen LogP contribution in [0.3, 0.4) is 0 Å². The first-order valence-electron chi connectivity index (χ1n) is 5.38. The highest BCUT2D eigenvalue weighted by atomic mass is 35.5. The summed E-state index contributed by atoms with van der Waals surface area (Å²) in [6.45, 7) is 0.824. The van der Waals surface area contributed by atoms with E-state index in [2.05, 4.69) is 27.0 Å². The second-order valence-corrected chi connectivity index (χ2v) is 5.26. The molecule has 0 atom stereocenters. The Bertz CT molecular complexity index is 480.